The molecule has 23 heavy (non-hydrogen) atoms. The van der Waals surface area contributed by atoms with Crippen LogP contribution in [0.1, 0.15) is 24.3 Å². The summed E-state index contributed by atoms with van der Waals surface area (Å²) in [6.07, 6.45) is -7.40. The van der Waals surface area contributed by atoms with E-state index in [1.807, 2.05) is 0 Å². The van der Waals surface area contributed by atoms with E-state index in [0.29, 0.717) is 0 Å². The third-order valence-corrected chi connectivity index (χ3v) is 4.77. The molecule has 0 spiro atoms. The number of alkyl halides is 3. The second kappa shape index (κ2) is 6.05. The van der Waals surface area contributed by atoms with E-state index in [1.165, 1.54) is 12.1 Å². The van der Waals surface area contributed by atoms with Crippen LogP contribution in [0.2, 0.25) is 0 Å². The van der Waals surface area contributed by atoms with Gasteiger partial charge in [-0.2, -0.15) is 13.2 Å². The zero-order valence-electron chi connectivity index (χ0n) is 12.4. The molecule has 2 heterocycles. The molecule has 5 atom stereocenters. The van der Waals surface area contributed by atoms with E-state index in [4.69, 9.17) is 9.47 Å². The number of benzene rings is 1. The van der Waals surface area contributed by atoms with E-state index < -0.39 is 36.0 Å². The van der Waals surface area contributed by atoms with Gasteiger partial charge in [0.1, 0.15) is 23.9 Å². The van der Waals surface area contributed by atoms with Crippen LogP contribution < -0.4 is 0 Å². The van der Waals surface area contributed by atoms with Gasteiger partial charge in [-0.3, -0.25) is 0 Å². The molecule has 1 unspecified atom stereocenters. The first-order valence-electron chi connectivity index (χ1n) is 7.58. The second-order valence-electron chi connectivity index (χ2n) is 6.15. The highest BCUT2D eigenvalue weighted by atomic mass is 19.4. The summed E-state index contributed by atoms with van der Waals surface area (Å²) in [5.41, 5.74) is -1.07. The third kappa shape index (κ3) is 2.98. The van der Waals surface area contributed by atoms with Crippen LogP contribution in [0.5, 0.6) is 0 Å². The summed E-state index contributed by atoms with van der Waals surface area (Å²) in [6, 6.07) is 7.69. The molecule has 0 saturated carbocycles. The number of rotatable bonds is 4. The summed E-state index contributed by atoms with van der Waals surface area (Å²) in [4.78, 5) is 0. The summed E-state index contributed by atoms with van der Waals surface area (Å²) in [5, 5.41) is 20.0. The van der Waals surface area contributed by atoms with Crippen molar-refractivity contribution in [2.75, 3.05) is 13.2 Å². The Morgan fingerprint density at radius 3 is 2.52 bits per heavy atom. The highest BCUT2D eigenvalue weighted by Crippen LogP contribution is 2.45. The minimum atomic E-state index is -4.39. The molecule has 2 fully saturated rings. The quantitative estimate of drug-likeness (QED) is 0.885. The van der Waals surface area contributed by atoms with Crippen LogP contribution in [0.4, 0.5) is 13.2 Å². The Morgan fingerprint density at radius 2 is 1.87 bits per heavy atom. The maximum absolute atomic E-state index is 13.4. The van der Waals surface area contributed by atoms with Gasteiger partial charge in [-0.1, -0.05) is 30.3 Å². The minimum absolute atomic E-state index is 0.0328. The fourth-order valence-corrected chi connectivity index (χ4v) is 3.57. The van der Waals surface area contributed by atoms with Gasteiger partial charge in [-0.05, 0) is 18.4 Å². The van der Waals surface area contributed by atoms with Crippen LogP contribution in [0.3, 0.4) is 0 Å². The summed E-state index contributed by atoms with van der Waals surface area (Å²) < 4.78 is 51.1. The van der Waals surface area contributed by atoms with Crippen molar-refractivity contribution in [3.05, 3.63) is 35.9 Å². The summed E-state index contributed by atoms with van der Waals surface area (Å²) >= 11 is 0. The Labute approximate surface area is 131 Å². The number of aliphatic hydroxyl groups is 2. The van der Waals surface area contributed by atoms with Gasteiger partial charge >= 0.3 is 6.18 Å². The monoisotopic (exact) mass is 332 g/mol. The average Bonchev–Trinajstić information content (AvgIpc) is 2.99. The van der Waals surface area contributed by atoms with Crippen molar-refractivity contribution in [2.24, 2.45) is 0 Å². The lowest BCUT2D eigenvalue weighted by Crippen LogP contribution is -2.47. The minimum Gasteiger partial charge on any atom is -0.388 e. The lowest BCUT2D eigenvalue weighted by Gasteiger charge is -2.32. The molecule has 0 radical (unpaired) electrons. The van der Waals surface area contributed by atoms with Crippen molar-refractivity contribution in [1.29, 1.82) is 0 Å². The van der Waals surface area contributed by atoms with Crippen molar-refractivity contribution in [1.82, 2.24) is 0 Å². The number of hydrogen-bond acceptors (Lipinski definition) is 4. The molecule has 0 bridgehead atoms. The van der Waals surface area contributed by atoms with Crippen molar-refractivity contribution in [3.63, 3.8) is 0 Å². The predicted molar refractivity (Wildman–Crippen MR) is 74.9 cm³/mol. The Balaban J connectivity index is 1.79. The first kappa shape index (κ1) is 16.7. The molecule has 2 aliphatic rings. The SMILES string of the molecule is O[C@@H]1CO[C@@]2(CCC(c3ccccc3)C(F)(F)F)[C@@H]1OC[C@@H]2O. The molecule has 0 aliphatic carbocycles. The molecule has 3 rings (SSSR count). The Bertz CT molecular complexity index is 536. The number of hydrogen-bond donors (Lipinski definition) is 2. The lowest BCUT2D eigenvalue weighted by molar-refractivity contribution is -0.158. The number of aliphatic hydroxyl groups excluding tert-OH is 2. The molecule has 2 saturated heterocycles. The van der Waals surface area contributed by atoms with Gasteiger partial charge in [0.05, 0.1) is 19.1 Å². The third-order valence-electron chi connectivity index (χ3n) is 4.77. The van der Waals surface area contributed by atoms with Crippen molar-refractivity contribution in [3.8, 4) is 0 Å². The molecular formula is C16H19F3O4. The maximum Gasteiger partial charge on any atom is 0.395 e. The van der Waals surface area contributed by atoms with Gasteiger partial charge in [0.25, 0.3) is 0 Å². The van der Waals surface area contributed by atoms with E-state index >= 15 is 0 Å². The molecule has 128 valence electrons. The van der Waals surface area contributed by atoms with Crippen LogP contribution in [0, 0.1) is 0 Å². The molecule has 1 aromatic carbocycles. The highest BCUT2D eigenvalue weighted by Gasteiger charge is 2.59. The summed E-state index contributed by atoms with van der Waals surface area (Å²) in [7, 11) is 0. The van der Waals surface area contributed by atoms with Crippen molar-refractivity contribution in [2.45, 2.75) is 48.8 Å². The highest BCUT2D eigenvalue weighted by molar-refractivity contribution is 5.21. The Kier molecular flexibility index (Phi) is 4.39. The predicted octanol–water partition coefficient (Wildman–Crippen LogP) is 2.00. The molecule has 1 aromatic rings. The molecule has 7 heteroatoms. The summed E-state index contributed by atoms with van der Waals surface area (Å²) in [6.45, 7) is -0.0759. The number of ether oxygens (including phenoxy) is 2. The van der Waals surface area contributed by atoms with Crippen molar-refractivity contribution < 1.29 is 32.9 Å². The first-order chi connectivity index (χ1) is 10.8. The van der Waals surface area contributed by atoms with Crippen LogP contribution in [0.15, 0.2) is 30.3 Å². The van der Waals surface area contributed by atoms with Gasteiger partial charge < -0.3 is 19.7 Å². The number of halogens is 3. The topological polar surface area (TPSA) is 58.9 Å². The van der Waals surface area contributed by atoms with Gasteiger partial charge in [-0.25, -0.2) is 0 Å². The van der Waals surface area contributed by atoms with Crippen LogP contribution >= 0.6 is 0 Å². The Hall–Kier alpha value is -1.15. The maximum atomic E-state index is 13.4. The van der Waals surface area contributed by atoms with E-state index in [9.17, 15) is 23.4 Å². The average molecular weight is 332 g/mol. The fourth-order valence-electron chi connectivity index (χ4n) is 3.57. The van der Waals surface area contributed by atoms with E-state index in [2.05, 4.69) is 0 Å². The van der Waals surface area contributed by atoms with Crippen LogP contribution in [-0.4, -0.2) is 53.5 Å². The fraction of sp³-hybridized carbons (Fsp3) is 0.625. The van der Waals surface area contributed by atoms with E-state index in [0.717, 1.165) is 0 Å². The molecule has 4 nitrogen and oxygen atoms in total. The summed E-state index contributed by atoms with van der Waals surface area (Å²) in [5.74, 6) is -1.65. The molecular weight excluding hydrogens is 313 g/mol. The second-order valence-corrected chi connectivity index (χ2v) is 6.15. The van der Waals surface area contributed by atoms with Gasteiger partial charge in [0.2, 0.25) is 0 Å². The number of fused-ring (bicyclic) bond motifs is 1. The van der Waals surface area contributed by atoms with Crippen LogP contribution in [0.25, 0.3) is 0 Å². The van der Waals surface area contributed by atoms with Gasteiger partial charge in [0.15, 0.2) is 0 Å². The van der Waals surface area contributed by atoms with Gasteiger partial charge in [0, 0.05) is 0 Å². The Morgan fingerprint density at radius 1 is 1.17 bits per heavy atom. The zero-order chi connectivity index (χ0) is 16.7. The standard InChI is InChI=1S/C16H19F3O4/c17-16(18,19)11(10-4-2-1-3-5-10)6-7-15-13(21)9-22-14(15)12(20)8-23-15/h1-5,11-14,20-21H,6-9H2/t11?,12-,13+,14-,15-/m1/s1. The zero-order valence-corrected chi connectivity index (χ0v) is 12.4. The molecule has 2 N–H and O–H groups in total. The van der Waals surface area contributed by atoms with E-state index in [-0.39, 0.29) is 31.6 Å². The van der Waals surface area contributed by atoms with E-state index in [1.54, 1.807) is 18.2 Å². The smallest absolute Gasteiger partial charge is 0.388 e. The van der Waals surface area contributed by atoms with Crippen LogP contribution in [-0.2, 0) is 9.47 Å². The largest absolute Gasteiger partial charge is 0.395 e. The molecule has 2 aliphatic heterocycles. The normalized spacial score (nSPS) is 35.3. The lowest BCUT2D eigenvalue weighted by atomic mass is 9.82. The first-order valence-corrected chi connectivity index (χ1v) is 7.58. The van der Waals surface area contributed by atoms with Crippen molar-refractivity contribution >= 4 is 0 Å². The van der Waals surface area contributed by atoms with Gasteiger partial charge in [-0.15, -0.1) is 0 Å². The molecule has 0 aromatic heterocycles. The molecule has 0 amide bonds.